The first-order valence-corrected chi connectivity index (χ1v) is 8.30. The van der Waals surface area contributed by atoms with E-state index in [0.717, 1.165) is 29.2 Å². The van der Waals surface area contributed by atoms with E-state index in [2.05, 4.69) is 22.1 Å². The van der Waals surface area contributed by atoms with Crippen molar-refractivity contribution in [3.05, 3.63) is 72.1 Å². The van der Waals surface area contributed by atoms with E-state index in [0.29, 0.717) is 6.42 Å². The third kappa shape index (κ3) is 4.29. The van der Waals surface area contributed by atoms with Crippen LogP contribution in [-0.4, -0.2) is 25.7 Å². The molecule has 0 bridgehead atoms. The van der Waals surface area contributed by atoms with Crippen LogP contribution < -0.4 is 0 Å². The molecular weight excluding hydrogens is 316 g/mol. The molecule has 128 valence electrons. The molecule has 0 amide bonds. The molecular formula is C19H20N4O2. The van der Waals surface area contributed by atoms with Gasteiger partial charge in [0.1, 0.15) is 18.8 Å². The van der Waals surface area contributed by atoms with E-state index in [4.69, 9.17) is 4.74 Å². The van der Waals surface area contributed by atoms with Crippen molar-refractivity contribution in [2.45, 2.75) is 32.8 Å². The molecule has 0 aliphatic heterocycles. The number of esters is 1. The Bertz CT molecular complexity index is 830. The van der Waals surface area contributed by atoms with E-state index in [9.17, 15) is 4.79 Å². The van der Waals surface area contributed by atoms with Crippen molar-refractivity contribution >= 4 is 5.97 Å². The van der Waals surface area contributed by atoms with Crippen molar-refractivity contribution in [3.8, 4) is 5.69 Å². The van der Waals surface area contributed by atoms with E-state index in [1.54, 1.807) is 12.5 Å². The zero-order chi connectivity index (χ0) is 17.5. The molecule has 6 nitrogen and oxygen atoms in total. The van der Waals surface area contributed by atoms with Crippen LogP contribution in [0.4, 0.5) is 0 Å². The average molecular weight is 336 g/mol. The molecule has 0 unspecified atom stereocenters. The molecule has 0 fully saturated rings. The lowest BCUT2D eigenvalue weighted by atomic mass is 10.1. The largest absolute Gasteiger partial charge is 0.459 e. The summed E-state index contributed by atoms with van der Waals surface area (Å²) < 4.78 is 7.23. The minimum Gasteiger partial charge on any atom is -0.459 e. The van der Waals surface area contributed by atoms with Crippen LogP contribution in [-0.2, 0) is 29.0 Å². The Labute approximate surface area is 146 Å². The summed E-state index contributed by atoms with van der Waals surface area (Å²) in [5.41, 5.74) is 2.88. The van der Waals surface area contributed by atoms with Gasteiger partial charge in [0.05, 0.1) is 12.1 Å². The normalized spacial score (nSPS) is 10.6. The van der Waals surface area contributed by atoms with Crippen molar-refractivity contribution in [2.75, 3.05) is 0 Å². The summed E-state index contributed by atoms with van der Waals surface area (Å²) >= 11 is 0. The van der Waals surface area contributed by atoms with Gasteiger partial charge in [-0.3, -0.25) is 14.3 Å². The van der Waals surface area contributed by atoms with Gasteiger partial charge in [0.25, 0.3) is 0 Å². The van der Waals surface area contributed by atoms with Gasteiger partial charge in [0, 0.05) is 18.3 Å². The number of para-hydroxylation sites is 1. The summed E-state index contributed by atoms with van der Waals surface area (Å²) in [7, 11) is 0. The highest BCUT2D eigenvalue weighted by molar-refractivity contribution is 5.69. The van der Waals surface area contributed by atoms with E-state index < -0.39 is 0 Å². The zero-order valence-corrected chi connectivity index (χ0v) is 14.1. The quantitative estimate of drug-likeness (QED) is 0.621. The predicted molar refractivity (Wildman–Crippen MR) is 93.1 cm³/mol. The summed E-state index contributed by atoms with van der Waals surface area (Å²) in [6, 6.07) is 13.7. The number of rotatable bonds is 7. The number of carbonyl (C=O) groups excluding carboxylic acids is 1. The second-order valence-electron chi connectivity index (χ2n) is 5.58. The Morgan fingerprint density at radius 2 is 2.00 bits per heavy atom. The van der Waals surface area contributed by atoms with Gasteiger partial charge >= 0.3 is 5.97 Å². The molecule has 0 aliphatic carbocycles. The van der Waals surface area contributed by atoms with E-state index in [1.807, 2.05) is 47.0 Å². The first-order valence-electron chi connectivity index (χ1n) is 8.30. The monoisotopic (exact) mass is 336 g/mol. The standard InChI is InChI=1S/C19H20N4O2/c1-2-15-7-6-12-20-17(15)13-25-19(24)11-10-18-22-21-14-23(18)16-8-4-3-5-9-16/h3-9,12,14H,2,10-11,13H2,1H3. The van der Waals surface area contributed by atoms with Crippen molar-refractivity contribution in [3.63, 3.8) is 0 Å². The van der Waals surface area contributed by atoms with Gasteiger partial charge in [-0.05, 0) is 30.2 Å². The maximum atomic E-state index is 12.1. The topological polar surface area (TPSA) is 69.9 Å². The van der Waals surface area contributed by atoms with Crippen LogP contribution in [0.25, 0.3) is 5.69 Å². The van der Waals surface area contributed by atoms with Gasteiger partial charge in [-0.1, -0.05) is 31.2 Å². The fourth-order valence-corrected chi connectivity index (χ4v) is 2.59. The second-order valence-corrected chi connectivity index (χ2v) is 5.58. The molecule has 2 aromatic heterocycles. The fourth-order valence-electron chi connectivity index (χ4n) is 2.59. The maximum absolute atomic E-state index is 12.1. The lowest BCUT2D eigenvalue weighted by molar-refractivity contribution is -0.145. The van der Waals surface area contributed by atoms with Gasteiger partial charge < -0.3 is 4.74 Å². The van der Waals surface area contributed by atoms with Crippen molar-refractivity contribution in [2.24, 2.45) is 0 Å². The zero-order valence-electron chi connectivity index (χ0n) is 14.1. The molecule has 0 aliphatic rings. The van der Waals surface area contributed by atoms with Gasteiger partial charge in [0.15, 0.2) is 0 Å². The molecule has 25 heavy (non-hydrogen) atoms. The number of hydrogen-bond donors (Lipinski definition) is 0. The Balaban J connectivity index is 1.56. The van der Waals surface area contributed by atoms with E-state index in [-0.39, 0.29) is 19.0 Å². The number of benzene rings is 1. The molecule has 0 saturated carbocycles. The molecule has 2 heterocycles. The summed E-state index contributed by atoms with van der Waals surface area (Å²) in [6.07, 6.45) is 4.94. The van der Waals surface area contributed by atoms with Gasteiger partial charge in [-0.15, -0.1) is 10.2 Å². The third-order valence-corrected chi connectivity index (χ3v) is 3.94. The molecule has 3 aromatic rings. The number of ether oxygens (including phenoxy) is 1. The van der Waals surface area contributed by atoms with Crippen molar-refractivity contribution < 1.29 is 9.53 Å². The van der Waals surface area contributed by atoms with Crippen molar-refractivity contribution in [1.29, 1.82) is 0 Å². The fraction of sp³-hybridized carbons (Fsp3) is 0.263. The summed E-state index contributed by atoms with van der Waals surface area (Å²) in [4.78, 5) is 16.3. The van der Waals surface area contributed by atoms with Crippen LogP contribution in [0.5, 0.6) is 0 Å². The first-order chi connectivity index (χ1) is 12.3. The molecule has 0 N–H and O–H groups in total. The summed E-state index contributed by atoms with van der Waals surface area (Å²) in [5, 5.41) is 8.05. The van der Waals surface area contributed by atoms with E-state index >= 15 is 0 Å². The Kier molecular flexibility index (Phi) is 5.51. The first kappa shape index (κ1) is 16.8. The van der Waals surface area contributed by atoms with Crippen LogP contribution >= 0.6 is 0 Å². The lowest BCUT2D eigenvalue weighted by Gasteiger charge is -2.08. The SMILES string of the molecule is CCc1cccnc1COC(=O)CCc1nncn1-c1ccccc1. The third-order valence-electron chi connectivity index (χ3n) is 3.94. The number of hydrogen-bond acceptors (Lipinski definition) is 5. The molecule has 3 rings (SSSR count). The number of aromatic nitrogens is 4. The van der Waals surface area contributed by atoms with Crippen LogP contribution in [0.2, 0.25) is 0 Å². The number of nitrogens with zero attached hydrogens (tertiary/aromatic N) is 4. The highest BCUT2D eigenvalue weighted by Gasteiger charge is 2.11. The second kappa shape index (κ2) is 8.19. The molecule has 6 heteroatoms. The summed E-state index contributed by atoms with van der Waals surface area (Å²) in [5.74, 6) is 0.463. The Morgan fingerprint density at radius 1 is 1.16 bits per heavy atom. The van der Waals surface area contributed by atoms with Gasteiger partial charge in [0.2, 0.25) is 0 Å². The Hall–Kier alpha value is -3.02. The highest BCUT2D eigenvalue weighted by atomic mass is 16.5. The smallest absolute Gasteiger partial charge is 0.306 e. The van der Waals surface area contributed by atoms with Gasteiger partial charge in [-0.2, -0.15) is 0 Å². The molecule has 0 atom stereocenters. The minimum atomic E-state index is -0.268. The number of pyridine rings is 1. The molecule has 0 radical (unpaired) electrons. The lowest BCUT2D eigenvalue weighted by Crippen LogP contribution is -2.10. The van der Waals surface area contributed by atoms with Gasteiger partial charge in [-0.25, -0.2) is 0 Å². The molecule has 0 spiro atoms. The number of aryl methyl sites for hydroxylation is 2. The van der Waals surface area contributed by atoms with E-state index in [1.165, 1.54) is 0 Å². The number of carbonyl (C=O) groups is 1. The average Bonchev–Trinajstić information content (AvgIpc) is 3.14. The maximum Gasteiger partial charge on any atom is 0.306 e. The van der Waals surface area contributed by atoms with Crippen LogP contribution in [0.15, 0.2) is 55.0 Å². The Morgan fingerprint density at radius 3 is 2.80 bits per heavy atom. The minimum absolute atomic E-state index is 0.203. The van der Waals surface area contributed by atoms with Crippen LogP contribution in [0.3, 0.4) is 0 Å². The summed E-state index contributed by atoms with van der Waals surface area (Å²) in [6.45, 7) is 2.26. The predicted octanol–water partition coefficient (Wildman–Crippen LogP) is 2.90. The van der Waals surface area contributed by atoms with Crippen LogP contribution in [0.1, 0.15) is 30.4 Å². The molecule has 0 saturated heterocycles. The highest BCUT2D eigenvalue weighted by Crippen LogP contribution is 2.12. The van der Waals surface area contributed by atoms with Crippen molar-refractivity contribution in [1.82, 2.24) is 19.7 Å². The van der Waals surface area contributed by atoms with Crippen LogP contribution in [0, 0.1) is 0 Å². The molecule has 1 aromatic carbocycles.